The normalized spacial score (nSPS) is 18.4. The van der Waals surface area contributed by atoms with Gasteiger partial charge in [0, 0.05) is 76.8 Å². The molecule has 2 saturated heterocycles. The first-order valence-corrected chi connectivity index (χ1v) is 16.1. The number of benzene rings is 2. The number of aliphatic hydroxyl groups excluding tert-OH is 2. The first-order chi connectivity index (χ1) is 21.6. The number of aryl methyl sites for hydroxylation is 4. The second-order valence-corrected chi connectivity index (χ2v) is 12.6. The first kappa shape index (κ1) is 35.0. The Morgan fingerprint density at radius 2 is 0.933 bits per heavy atom. The van der Waals surface area contributed by atoms with E-state index in [9.17, 15) is 19.8 Å². The van der Waals surface area contributed by atoms with Crippen LogP contribution in [0.1, 0.15) is 22.3 Å². The van der Waals surface area contributed by atoms with E-state index in [0.29, 0.717) is 26.2 Å². The average Bonchev–Trinajstić information content (AvgIpc) is 2.99. The van der Waals surface area contributed by atoms with Gasteiger partial charge in [-0.1, -0.05) is 36.4 Å². The summed E-state index contributed by atoms with van der Waals surface area (Å²) in [6.45, 7) is 16.2. The third kappa shape index (κ3) is 11.1. The van der Waals surface area contributed by atoms with Crippen LogP contribution >= 0.6 is 0 Å². The van der Waals surface area contributed by atoms with E-state index in [2.05, 4.69) is 30.2 Å². The van der Waals surface area contributed by atoms with Gasteiger partial charge in [-0.15, -0.1) is 0 Å². The Morgan fingerprint density at radius 3 is 1.27 bits per heavy atom. The van der Waals surface area contributed by atoms with Crippen molar-refractivity contribution < 1.29 is 24.5 Å². The second-order valence-electron chi connectivity index (χ2n) is 12.6. The van der Waals surface area contributed by atoms with Crippen LogP contribution in [-0.2, 0) is 14.3 Å². The largest absolute Gasteiger partial charge is 0.389 e. The number of hydrogen-bond donors (Lipinski definition) is 4. The highest BCUT2D eigenvalue weighted by Gasteiger charge is 2.23. The highest BCUT2D eigenvalue weighted by Crippen LogP contribution is 2.20. The molecule has 0 saturated carbocycles. The Labute approximate surface area is 268 Å². The zero-order chi connectivity index (χ0) is 32.3. The minimum atomic E-state index is -0.644. The SMILES string of the molecule is Cc1cccc(C)c1NC(=O)CN1CCN(CC(O)COCC(O)CN2CCN(CC(=O)Nc3c(C)cccc3C)CC2)CC1. The van der Waals surface area contributed by atoms with E-state index in [0.717, 1.165) is 86.0 Å². The van der Waals surface area contributed by atoms with Gasteiger partial charge in [-0.05, 0) is 49.9 Å². The van der Waals surface area contributed by atoms with Crippen molar-refractivity contribution in [3.05, 3.63) is 58.7 Å². The Hall–Kier alpha value is -2.90. The highest BCUT2D eigenvalue weighted by molar-refractivity contribution is 5.94. The van der Waals surface area contributed by atoms with Crippen molar-refractivity contribution >= 4 is 23.2 Å². The van der Waals surface area contributed by atoms with Crippen molar-refractivity contribution in [3.8, 4) is 0 Å². The molecule has 0 bridgehead atoms. The summed E-state index contributed by atoms with van der Waals surface area (Å²) in [5, 5.41) is 27.1. The number of aliphatic hydroxyl groups is 2. The molecule has 4 rings (SSSR count). The number of carbonyl (C=O) groups is 2. The Balaban J connectivity index is 1.04. The number of ether oxygens (including phenoxy) is 1. The topological polar surface area (TPSA) is 121 Å². The number of piperazine rings is 2. The number of rotatable bonds is 14. The van der Waals surface area contributed by atoms with Gasteiger partial charge < -0.3 is 25.6 Å². The van der Waals surface area contributed by atoms with Crippen molar-refractivity contribution in [2.75, 3.05) is 102 Å². The van der Waals surface area contributed by atoms with Crippen LogP contribution in [0.2, 0.25) is 0 Å². The summed E-state index contributed by atoms with van der Waals surface area (Å²) in [7, 11) is 0. The van der Waals surface area contributed by atoms with Gasteiger partial charge in [0.2, 0.25) is 11.8 Å². The first-order valence-electron chi connectivity index (χ1n) is 16.1. The van der Waals surface area contributed by atoms with E-state index in [4.69, 9.17) is 4.74 Å². The third-order valence-electron chi connectivity index (χ3n) is 8.71. The maximum atomic E-state index is 12.6. The van der Waals surface area contributed by atoms with Gasteiger partial charge >= 0.3 is 0 Å². The quantitative estimate of drug-likeness (QED) is 0.248. The second kappa shape index (κ2) is 17.1. The Kier molecular flexibility index (Phi) is 13.3. The molecule has 2 unspecified atom stereocenters. The lowest BCUT2D eigenvalue weighted by Crippen LogP contribution is -2.51. The van der Waals surface area contributed by atoms with Crippen LogP contribution in [0.5, 0.6) is 0 Å². The molecule has 2 atom stereocenters. The van der Waals surface area contributed by atoms with E-state index in [1.54, 1.807) is 0 Å². The Bertz CT molecular complexity index is 1120. The van der Waals surface area contributed by atoms with E-state index >= 15 is 0 Å². The fourth-order valence-electron chi connectivity index (χ4n) is 6.09. The minimum absolute atomic E-state index is 0.00825. The van der Waals surface area contributed by atoms with Crippen LogP contribution in [0.4, 0.5) is 11.4 Å². The van der Waals surface area contributed by atoms with Gasteiger partial charge in [0.1, 0.15) is 0 Å². The lowest BCUT2D eigenvalue weighted by Gasteiger charge is -2.35. The van der Waals surface area contributed by atoms with Gasteiger partial charge in [-0.2, -0.15) is 0 Å². The van der Waals surface area contributed by atoms with Crippen molar-refractivity contribution in [2.24, 2.45) is 0 Å². The van der Waals surface area contributed by atoms with Gasteiger partial charge in [-0.3, -0.25) is 29.2 Å². The predicted molar refractivity (Wildman–Crippen MR) is 178 cm³/mol. The number of nitrogens with one attached hydrogen (secondary N) is 2. The number of amides is 2. The fraction of sp³-hybridized carbons (Fsp3) is 0.588. The summed E-state index contributed by atoms with van der Waals surface area (Å²) < 4.78 is 5.66. The van der Waals surface area contributed by atoms with Crippen LogP contribution in [0, 0.1) is 27.7 Å². The molecule has 4 N–H and O–H groups in total. The molecular formula is C34H52N6O5. The molecule has 0 aliphatic carbocycles. The summed E-state index contributed by atoms with van der Waals surface area (Å²) in [6.07, 6.45) is -1.29. The predicted octanol–water partition coefficient (Wildman–Crippen LogP) is 1.47. The van der Waals surface area contributed by atoms with Crippen LogP contribution < -0.4 is 10.6 Å². The van der Waals surface area contributed by atoms with Crippen LogP contribution in [0.3, 0.4) is 0 Å². The van der Waals surface area contributed by atoms with Crippen LogP contribution in [0.15, 0.2) is 36.4 Å². The molecule has 11 heteroatoms. The molecule has 45 heavy (non-hydrogen) atoms. The van der Waals surface area contributed by atoms with Crippen molar-refractivity contribution in [1.29, 1.82) is 0 Å². The van der Waals surface area contributed by atoms with Gasteiger partial charge in [0.05, 0.1) is 38.5 Å². The number of nitrogens with zero attached hydrogens (tertiary/aromatic N) is 4. The number of β-amino-alcohol motifs (C(OH)–C–C–N with tert-alkyl or cyclic N) is 2. The van der Waals surface area contributed by atoms with Gasteiger partial charge in [-0.25, -0.2) is 0 Å². The standard InChI is InChI=1S/C34H52N6O5/c1-25-7-5-8-26(2)33(25)35-31(43)21-39-15-11-37(12-16-39)19-29(41)23-45-24-30(42)20-38-13-17-40(18-14-38)22-32(44)36-34-27(3)9-6-10-28(34)4/h5-10,29-30,41-42H,11-24H2,1-4H3,(H,35,43)(H,36,44). The molecule has 11 nitrogen and oxygen atoms in total. The molecule has 2 aromatic carbocycles. The molecule has 2 aromatic rings. The van der Waals surface area contributed by atoms with Gasteiger partial charge in [0.25, 0.3) is 0 Å². The molecule has 2 amide bonds. The zero-order valence-corrected chi connectivity index (χ0v) is 27.4. The molecule has 0 aromatic heterocycles. The molecule has 2 aliphatic heterocycles. The molecule has 2 heterocycles. The summed E-state index contributed by atoms with van der Waals surface area (Å²) >= 11 is 0. The van der Waals surface area contributed by atoms with Crippen LogP contribution in [-0.4, -0.2) is 146 Å². The maximum Gasteiger partial charge on any atom is 0.238 e. The summed E-state index contributed by atoms with van der Waals surface area (Å²) in [5.74, 6) is -0.0165. The minimum Gasteiger partial charge on any atom is -0.389 e. The smallest absolute Gasteiger partial charge is 0.238 e. The van der Waals surface area contributed by atoms with Gasteiger partial charge in [0.15, 0.2) is 0 Å². The van der Waals surface area contributed by atoms with Crippen molar-refractivity contribution in [1.82, 2.24) is 19.6 Å². The van der Waals surface area contributed by atoms with Crippen molar-refractivity contribution in [3.63, 3.8) is 0 Å². The fourth-order valence-corrected chi connectivity index (χ4v) is 6.09. The number of anilines is 2. The number of para-hydroxylation sites is 2. The average molecular weight is 625 g/mol. The van der Waals surface area contributed by atoms with E-state index < -0.39 is 12.2 Å². The molecule has 2 fully saturated rings. The van der Waals surface area contributed by atoms with E-state index in [1.165, 1.54) is 0 Å². The summed E-state index contributed by atoms with van der Waals surface area (Å²) in [5.41, 5.74) is 6.01. The Morgan fingerprint density at radius 1 is 0.622 bits per heavy atom. The van der Waals surface area contributed by atoms with E-state index in [-0.39, 0.29) is 25.0 Å². The number of carbonyl (C=O) groups excluding carboxylic acids is 2. The molecule has 0 radical (unpaired) electrons. The maximum absolute atomic E-state index is 12.6. The zero-order valence-electron chi connectivity index (χ0n) is 27.4. The molecule has 0 spiro atoms. The molecule has 2 aliphatic rings. The van der Waals surface area contributed by atoms with E-state index in [1.807, 2.05) is 64.1 Å². The highest BCUT2D eigenvalue weighted by atomic mass is 16.5. The monoisotopic (exact) mass is 624 g/mol. The molecular weight excluding hydrogens is 572 g/mol. The lowest BCUT2D eigenvalue weighted by molar-refractivity contribution is -0.118. The molecule has 248 valence electrons. The number of hydrogen-bond acceptors (Lipinski definition) is 9. The third-order valence-corrected chi connectivity index (χ3v) is 8.71. The summed E-state index contributed by atoms with van der Waals surface area (Å²) in [4.78, 5) is 33.9. The van der Waals surface area contributed by atoms with Crippen LogP contribution in [0.25, 0.3) is 0 Å². The lowest BCUT2D eigenvalue weighted by atomic mass is 10.1. The summed E-state index contributed by atoms with van der Waals surface area (Å²) in [6, 6.07) is 12.0. The van der Waals surface area contributed by atoms with Crippen molar-refractivity contribution in [2.45, 2.75) is 39.9 Å².